The average Bonchev–Trinajstić information content (AvgIpc) is 2.98. The third-order valence-corrected chi connectivity index (χ3v) is 4.55. The molecule has 0 aliphatic rings. The molecule has 4 heteroatoms. The Morgan fingerprint density at radius 1 is 1.16 bits per heavy atom. The Labute approximate surface area is 151 Å². The van der Waals surface area contributed by atoms with Gasteiger partial charge in [-0.2, -0.15) is 0 Å². The van der Waals surface area contributed by atoms with Crippen LogP contribution in [0.2, 0.25) is 0 Å². The lowest BCUT2D eigenvalue weighted by atomic mass is 10.1. The van der Waals surface area contributed by atoms with Crippen LogP contribution in [0, 0.1) is 0 Å². The summed E-state index contributed by atoms with van der Waals surface area (Å²) in [7, 11) is 0. The van der Waals surface area contributed by atoms with E-state index in [0.717, 1.165) is 24.3 Å². The van der Waals surface area contributed by atoms with Gasteiger partial charge in [-0.1, -0.05) is 64.2 Å². The minimum atomic E-state index is -0.130. The van der Waals surface area contributed by atoms with Gasteiger partial charge in [0.2, 0.25) is 5.91 Å². The second-order valence-electron chi connectivity index (χ2n) is 6.53. The number of nitrogens with zero attached hydrogens (tertiary/aromatic N) is 2. The molecule has 4 nitrogen and oxygen atoms in total. The summed E-state index contributed by atoms with van der Waals surface area (Å²) in [5.41, 5.74) is 2.23. The van der Waals surface area contributed by atoms with Gasteiger partial charge in [0.05, 0.1) is 11.0 Å². The summed E-state index contributed by atoms with van der Waals surface area (Å²) in [5, 5.41) is 2.84. The first-order valence-corrected chi connectivity index (χ1v) is 9.60. The quantitative estimate of drug-likeness (QED) is 0.452. The molecule has 0 aliphatic heterocycles. The maximum absolute atomic E-state index is 11.3. The van der Waals surface area contributed by atoms with Crippen LogP contribution >= 0.6 is 0 Å². The van der Waals surface area contributed by atoms with Crippen molar-refractivity contribution in [3.05, 3.63) is 42.7 Å². The first-order chi connectivity index (χ1) is 12.3. The predicted octanol–water partition coefficient (Wildman–Crippen LogP) is 4.63. The Kier molecular flexibility index (Phi) is 8.23. The van der Waals surface area contributed by atoms with E-state index in [4.69, 9.17) is 4.98 Å². The summed E-state index contributed by atoms with van der Waals surface area (Å²) in [6.45, 7) is 7.32. The smallest absolute Gasteiger partial charge is 0.243 e. The van der Waals surface area contributed by atoms with Crippen LogP contribution in [0.4, 0.5) is 0 Å². The zero-order valence-corrected chi connectivity index (χ0v) is 15.5. The van der Waals surface area contributed by atoms with Crippen molar-refractivity contribution in [2.24, 2.45) is 0 Å². The number of carbonyl (C=O) groups is 1. The molecule has 0 spiro atoms. The zero-order valence-electron chi connectivity index (χ0n) is 15.5. The summed E-state index contributed by atoms with van der Waals surface area (Å²) in [6.07, 6.45) is 11.2. The zero-order chi connectivity index (χ0) is 17.9. The van der Waals surface area contributed by atoms with Gasteiger partial charge in [-0.05, 0) is 24.6 Å². The third-order valence-electron chi connectivity index (χ3n) is 4.55. The van der Waals surface area contributed by atoms with Crippen molar-refractivity contribution in [2.75, 3.05) is 6.54 Å². The number of amides is 1. The minimum absolute atomic E-state index is 0.130. The van der Waals surface area contributed by atoms with Gasteiger partial charge in [0, 0.05) is 19.5 Å². The molecular formula is C21H31N3O. The molecule has 1 amide bonds. The van der Waals surface area contributed by atoms with E-state index in [9.17, 15) is 4.79 Å². The number of aromatic nitrogens is 2. The van der Waals surface area contributed by atoms with Crippen molar-refractivity contribution in [1.82, 2.24) is 14.9 Å². The molecule has 0 saturated carbocycles. The van der Waals surface area contributed by atoms with Crippen LogP contribution in [-0.2, 0) is 17.8 Å². The number of carbonyl (C=O) groups excluding carboxylic acids is 1. The van der Waals surface area contributed by atoms with Gasteiger partial charge < -0.3 is 9.88 Å². The molecule has 0 bridgehead atoms. The summed E-state index contributed by atoms with van der Waals surface area (Å²) in [4.78, 5) is 16.1. The Morgan fingerprint density at radius 2 is 1.88 bits per heavy atom. The molecule has 1 aromatic carbocycles. The number of nitrogens with one attached hydrogen (secondary N) is 1. The van der Waals surface area contributed by atoms with Gasteiger partial charge in [-0.3, -0.25) is 4.79 Å². The van der Waals surface area contributed by atoms with Crippen molar-refractivity contribution in [3.63, 3.8) is 0 Å². The molecule has 2 aromatic rings. The van der Waals surface area contributed by atoms with E-state index in [1.807, 2.05) is 6.07 Å². The van der Waals surface area contributed by atoms with Crippen LogP contribution in [0.1, 0.15) is 57.7 Å². The van der Waals surface area contributed by atoms with E-state index in [1.165, 1.54) is 56.5 Å². The second kappa shape index (κ2) is 10.7. The molecular weight excluding hydrogens is 310 g/mol. The maximum atomic E-state index is 11.3. The summed E-state index contributed by atoms with van der Waals surface area (Å²) >= 11 is 0. The highest BCUT2D eigenvalue weighted by Gasteiger charge is 2.10. The van der Waals surface area contributed by atoms with Crippen LogP contribution in [0.5, 0.6) is 0 Å². The van der Waals surface area contributed by atoms with Crippen molar-refractivity contribution in [2.45, 2.75) is 64.8 Å². The summed E-state index contributed by atoms with van der Waals surface area (Å²) in [5.74, 6) is 0.922. The Balaban J connectivity index is 1.92. The molecule has 1 heterocycles. The number of imidazole rings is 1. The molecule has 0 saturated heterocycles. The highest BCUT2D eigenvalue weighted by molar-refractivity contribution is 5.86. The van der Waals surface area contributed by atoms with Crippen LogP contribution in [-0.4, -0.2) is 22.0 Å². The van der Waals surface area contributed by atoms with E-state index in [-0.39, 0.29) is 5.91 Å². The number of benzene rings is 1. The number of unbranched alkanes of at least 4 members (excludes halogenated alkanes) is 6. The monoisotopic (exact) mass is 341 g/mol. The predicted molar refractivity (Wildman–Crippen MR) is 105 cm³/mol. The van der Waals surface area contributed by atoms with E-state index in [2.05, 4.69) is 41.6 Å². The van der Waals surface area contributed by atoms with Gasteiger partial charge in [0.1, 0.15) is 5.82 Å². The van der Waals surface area contributed by atoms with E-state index in [1.54, 1.807) is 0 Å². The molecule has 25 heavy (non-hydrogen) atoms. The van der Waals surface area contributed by atoms with E-state index in [0.29, 0.717) is 6.54 Å². The van der Waals surface area contributed by atoms with Crippen molar-refractivity contribution >= 4 is 16.9 Å². The van der Waals surface area contributed by atoms with Gasteiger partial charge in [0.15, 0.2) is 0 Å². The molecule has 0 unspecified atom stereocenters. The van der Waals surface area contributed by atoms with Crippen molar-refractivity contribution in [1.29, 1.82) is 0 Å². The lowest BCUT2D eigenvalue weighted by Crippen LogP contribution is -2.24. The number of aryl methyl sites for hydroxylation is 1. The second-order valence-corrected chi connectivity index (χ2v) is 6.53. The Bertz CT molecular complexity index is 675. The summed E-state index contributed by atoms with van der Waals surface area (Å²) in [6, 6.07) is 8.28. The standard InChI is InChI=1S/C21H31N3O/c1-3-5-6-7-8-9-12-17-24-19-14-11-10-13-18(19)23-20(24)15-16-22-21(25)4-2/h4,10-11,13-14H,2-3,5-9,12,15-17H2,1H3,(H,22,25). The van der Waals surface area contributed by atoms with Gasteiger partial charge in [-0.15, -0.1) is 0 Å². The van der Waals surface area contributed by atoms with Crippen molar-refractivity contribution in [3.8, 4) is 0 Å². The third kappa shape index (κ3) is 6.04. The summed E-state index contributed by atoms with van der Waals surface area (Å²) < 4.78 is 2.32. The van der Waals surface area contributed by atoms with E-state index >= 15 is 0 Å². The number of para-hydroxylation sites is 2. The van der Waals surface area contributed by atoms with E-state index < -0.39 is 0 Å². The topological polar surface area (TPSA) is 46.9 Å². The first-order valence-electron chi connectivity index (χ1n) is 9.60. The molecule has 0 radical (unpaired) electrons. The van der Waals surface area contributed by atoms with Crippen LogP contribution < -0.4 is 5.32 Å². The fraction of sp³-hybridized carbons (Fsp3) is 0.524. The average molecular weight is 341 g/mol. The van der Waals surface area contributed by atoms with Gasteiger partial charge in [0.25, 0.3) is 0 Å². The van der Waals surface area contributed by atoms with Crippen LogP contribution in [0.3, 0.4) is 0 Å². The molecule has 0 fully saturated rings. The molecule has 1 aromatic heterocycles. The van der Waals surface area contributed by atoms with Gasteiger partial charge >= 0.3 is 0 Å². The molecule has 2 rings (SSSR count). The fourth-order valence-corrected chi connectivity index (χ4v) is 3.16. The van der Waals surface area contributed by atoms with Crippen LogP contribution in [0.15, 0.2) is 36.9 Å². The van der Waals surface area contributed by atoms with Crippen molar-refractivity contribution < 1.29 is 4.79 Å². The first kappa shape index (κ1) is 19.2. The highest BCUT2D eigenvalue weighted by atomic mass is 16.1. The Morgan fingerprint density at radius 3 is 2.64 bits per heavy atom. The molecule has 136 valence electrons. The molecule has 1 N–H and O–H groups in total. The number of hydrogen-bond donors (Lipinski definition) is 1. The minimum Gasteiger partial charge on any atom is -0.352 e. The Hall–Kier alpha value is -2.10. The van der Waals surface area contributed by atoms with Crippen LogP contribution in [0.25, 0.3) is 11.0 Å². The SMILES string of the molecule is C=CC(=O)NCCc1nc2ccccc2n1CCCCCCCCC. The maximum Gasteiger partial charge on any atom is 0.243 e. The van der Waals surface area contributed by atoms with Gasteiger partial charge in [-0.25, -0.2) is 4.98 Å². The lowest BCUT2D eigenvalue weighted by Gasteiger charge is -2.10. The lowest BCUT2D eigenvalue weighted by molar-refractivity contribution is -0.116. The fourth-order valence-electron chi connectivity index (χ4n) is 3.16. The number of rotatable bonds is 12. The molecule has 0 atom stereocenters. The number of hydrogen-bond acceptors (Lipinski definition) is 2. The largest absolute Gasteiger partial charge is 0.352 e. The highest BCUT2D eigenvalue weighted by Crippen LogP contribution is 2.18. The number of fused-ring (bicyclic) bond motifs is 1. The normalized spacial score (nSPS) is 10.9. The molecule has 0 aliphatic carbocycles.